The molecule has 4 N–H and O–H groups in total. The van der Waals surface area contributed by atoms with Gasteiger partial charge in [-0.3, -0.25) is 9.89 Å². The zero-order valence-corrected chi connectivity index (χ0v) is 21.5. The predicted molar refractivity (Wildman–Crippen MR) is 134 cm³/mol. The summed E-state index contributed by atoms with van der Waals surface area (Å²) in [5, 5.41) is 42.7. The van der Waals surface area contributed by atoms with Gasteiger partial charge in [0.05, 0.1) is 31.0 Å². The Morgan fingerprint density at radius 2 is 1.91 bits per heavy atom. The molecule has 0 amide bonds. The van der Waals surface area contributed by atoms with Crippen LogP contribution in [0.1, 0.15) is 52.4 Å². The number of fused-ring (bicyclic) bond motifs is 5. The lowest BCUT2D eigenvalue weighted by Gasteiger charge is -2.60. The summed E-state index contributed by atoms with van der Waals surface area (Å²) in [5.41, 5.74) is 0.947. The Kier molecular flexibility index (Phi) is 6.77. The second-order valence-electron chi connectivity index (χ2n) is 12.1. The van der Waals surface area contributed by atoms with E-state index in [9.17, 15) is 15.3 Å². The van der Waals surface area contributed by atoms with E-state index in [-0.39, 0.29) is 29.9 Å². The minimum absolute atomic E-state index is 0.0228. The van der Waals surface area contributed by atoms with E-state index in [2.05, 4.69) is 24.8 Å². The maximum absolute atomic E-state index is 12.5. The largest absolute Gasteiger partial charge is 0.390 e. The van der Waals surface area contributed by atoms with Gasteiger partial charge in [-0.2, -0.15) is 0 Å². The van der Waals surface area contributed by atoms with Gasteiger partial charge in [-0.05, 0) is 61.5 Å². The number of allylic oxidation sites excluding steroid dienone is 1. The fourth-order valence-electron chi connectivity index (χ4n) is 8.36. The molecule has 0 aromatic heterocycles. The number of ether oxygens (including phenoxy) is 2. The van der Waals surface area contributed by atoms with Gasteiger partial charge in [-0.15, -0.1) is 0 Å². The van der Waals surface area contributed by atoms with Gasteiger partial charge in [-0.1, -0.05) is 13.8 Å². The third-order valence-electron chi connectivity index (χ3n) is 10.4. The van der Waals surface area contributed by atoms with Crippen molar-refractivity contribution < 1.29 is 24.8 Å². The lowest BCUT2D eigenvalue weighted by Crippen LogP contribution is -2.61. The maximum atomic E-state index is 12.5. The fourth-order valence-corrected chi connectivity index (χ4v) is 8.36. The highest BCUT2D eigenvalue weighted by atomic mass is 16.5. The normalized spacial score (nSPS) is 47.1. The Bertz CT molecular complexity index is 901. The molecule has 0 aromatic carbocycles. The number of nitrogens with one attached hydrogen (secondary N) is 1. The number of hydrogen-bond donors (Lipinski definition) is 4. The Morgan fingerprint density at radius 3 is 2.63 bits per heavy atom. The lowest BCUT2D eigenvalue weighted by molar-refractivity contribution is -0.115. The summed E-state index contributed by atoms with van der Waals surface area (Å²) in [6.07, 6.45) is 4.78. The van der Waals surface area contributed by atoms with Crippen LogP contribution in [0.25, 0.3) is 0 Å². The molecule has 1 unspecified atom stereocenters. The molecular weight excluding hydrogens is 446 g/mol. The Hall–Kier alpha value is -1.16. The lowest BCUT2D eigenvalue weighted by atomic mass is 9.46. The zero-order chi connectivity index (χ0) is 25.0. The first kappa shape index (κ1) is 25.5. The third kappa shape index (κ3) is 3.96. The molecule has 1 heterocycles. The molecule has 0 spiro atoms. The van der Waals surface area contributed by atoms with Gasteiger partial charge in [0.1, 0.15) is 6.73 Å². The van der Waals surface area contributed by atoms with Gasteiger partial charge in [0.25, 0.3) is 0 Å². The van der Waals surface area contributed by atoms with E-state index >= 15 is 0 Å². The number of aliphatic hydroxyl groups excluding tert-OH is 2. The quantitative estimate of drug-likeness (QED) is 0.439. The molecule has 5 aliphatic rings. The van der Waals surface area contributed by atoms with Gasteiger partial charge in [0.15, 0.2) is 0 Å². The Labute approximate surface area is 208 Å². The molecule has 1 aliphatic heterocycles. The molecule has 196 valence electrons. The smallest absolute Gasteiger partial charge is 0.137 e. The summed E-state index contributed by atoms with van der Waals surface area (Å²) in [6, 6.07) is 0. The van der Waals surface area contributed by atoms with Gasteiger partial charge in [-0.25, -0.2) is 0 Å². The molecule has 0 radical (unpaired) electrons. The number of nitrogens with zero attached hydrogens (tertiary/aromatic N) is 2. The van der Waals surface area contributed by atoms with Crippen LogP contribution in [0, 0.1) is 34.0 Å². The Morgan fingerprint density at radius 1 is 1.17 bits per heavy atom. The number of aliphatic hydroxyl groups is 3. The minimum Gasteiger partial charge on any atom is -0.390 e. The molecule has 0 aromatic rings. The van der Waals surface area contributed by atoms with Crippen LogP contribution < -0.4 is 0 Å². The molecular formula is C27H43N3O5. The first-order chi connectivity index (χ1) is 16.6. The molecule has 4 fully saturated rings. The van der Waals surface area contributed by atoms with Gasteiger partial charge in [0.2, 0.25) is 0 Å². The minimum atomic E-state index is -0.999. The van der Waals surface area contributed by atoms with E-state index < -0.39 is 23.2 Å². The summed E-state index contributed by atoms with van der Waals surface area (Å²) < 4.78 is 10.7. The number of hydrogen-bond acceptors (Lipinski definition) is 8. The second-order valence-corrected chi connectivity index (χ2v) is 12.1. The number of methoxy groups -OCH3 is 1. The molecule has 0 bridgehead atoms. The average Bonchev–Trinajstić information content (AvgIpc) is 3.11. The molecule has 8 nitrogen and oxygen atoms in total. The first-order valence-electron chi connectivity index (χ1n) is 13.4. The van der Waals surface area contributed by atoms with Gasteiger partial charge < -0.3 is 30.2 Å². The molecule has 35 heavy (non-hydrogen) atoms. The standard InChI is InChI=1S/C27H43N3O5/c1-25-14-24(32)23(31)13-20(25)22(29-16-34-3)12-19-17(25)4-6-26(2)18(5-7-27(19,26)33)21(28)15-30-8-10-35-11-9-30/h12,17-18,20,23-24,28,31-33H,4-11,13-16H2,1-3H3/b28-21?,29-22+/t17?,18-,20+,23-,24+,25-,26-,27-/m1/s1. The van der Waals surface area contributed by atoms with Gasteiger partial charge >= 0.3 is 0 Å². The van der Waals surface area contributed by atoms with Crippen LogP contribution in [-0.4, -0.2) is 96.1 Å². The highest BCUT2D eigenvalue weighted by Gasteiger charge is 2.66. The van der Waals surface area contributed by atoms with Crippen molar-refractivity contribution in [3.8, 4) is 0 Å². The van der Waals surface area contributed by atoms with Crippen LogP contribution >= 0.6 is 0 Å². The Balaban J connectivity index is 1.48. The van der Waals surface area contributed by atoms with E-state index in [0.717, 1.165) is 62.6 Å². The van der Waals surface area contributed by atoms with Crippen LogP contribution in [-0.2, 0) is 9.47 Å². The van der Waals surface area contributed by atoms with E-state index in [4.69, 9.17) is 19.9 Å². The predicted octanol–water partition coefficient (Wildman–Crippen LogP) is 2.02. The molecule has 8 heteroatoms. The van der Waals surface area contributed by atoms with Crippen molar-refractivity contribution in [3.05, 3.63) is 11.6 Å². The highest BCUT2D eigenvalue weighted by Crippen LogP contribution is 2.67. The topological polar surface area (TPSA) is 119 Å². The van der Waals surface area contributed by atoms with E-state index in [1.54, 1.807) is 7.11 Å². The van der Waals surface area contributed by atoms with Crippen LogP contribution in [0.5, 0.6) is 0 Å². The molecule has 5 rings (SSSR count). The van der Waals surface area contributed by atoms with Crippen molar-refractivity contribution in [1.82, 2.24) is 4.90 Å². The first-order valence-corrected chi connectivity index (χ1v) is 13.4. The fraction of sp³-hybridized carbons (Fsp3) is 0.852. The number of aliphatic imine (C=N–C) groups is 1. The van der Waals surface area contributed by atoms with Crippen LogP contribution in [0.2, 0.25) is 0 Å². The van der Waals surface area contributed by atoms with Gasteiger partial charge in [0, 0.05) is 55.4 Å². The van der Waals surface area contributed by atoms with Crippen molar-refractivity contribution in [2.75, 3.05) is 46.7 Å². The molecule has 8 atom stereocenters. The molecule has 3 saturated carbocycles. The van der Waals surface area contributed by atoms with E-state index in [0.29, 0.717) is 25.8 Å². The zero-order valence-electron chi connectivity index (χ0n) is 21.5. The SMILES string of the molecule is COC/N=C1\C=C2C(CC[C@]3(C)[C@@H](C(=N)CN4CCOCC4)CC[C@@]23O)[C@@]2(C)C[C@H](O)[C@H](O)C[C@@H]12. The summed E-state index contributed by atoms with van der Waals surface area (Å²) in [6.45, 7) is 8.44. The highest BCUT2D eigenvalue weighted by molar-refractivity contribution is 6.00. The van der Waals surface area contributed by atoms with Crippen LogP contribution in [0.4, 0.5) is 0 Å². The summed E-state index contributed by atoms with van der Waals surface area (Å²) in [7, 11) is 1.62. The van der Waals surface area contributed by atoms with Crippen molar-refractivity contribution in [2.45, 2.75) is 70.2 Å². The van der Waals surface area contributed by atoms with E-state index in [1.165, 1.54) is 0 Å². The molecule has 1 saturated heterocycles. The van der Waals surface area contributed by atoms with Crippen LogP contribution in [0.3, 0.4) is 0 Å². The summed E-state index contributed by atoms with van der Waals surface area (Å²) in [4.78, 5) is 7.03. The van der Waals surface area contributed by atoms with Crippen molar-refractivity contribution in [2.24, 2.45) is 33.6 Å². The number of morpholine rings is 1. The van der Waals surface area contributed by atoms with Crippen molar-refractivity contribution in [3.63, 3.8) is 0 Å². The van der Waals surface area contributed by atoms with Crippen molar-refractivity contribution >= 4 is 11.4 Å². The van der Waals surface area contributed by atoms with Crippen LogP contribution in [0.15, 0.2) is 16.6 Å². The maximum Gasteiger partial charge on any atom is 0.137 e. The summed E-state index contributed by atoms with van der Waals surface area (Å²) >= 11 is 0. The molecule has 4 aliphatic carbocycles. The third-order valence-corrected chi connectivity index (χ3v) is 10.4. The van der Waals surface area contributed by atoms with Crippen molar-refractivity contribution in [1.29, 1.82) is 5.41 Å². The summed E-state index contributed by atoms with van der Waals surface area (Å²) in [5.74, 6) is 0.192. The number of rotatable bonds is 5. The second kappa shape index (κ2) is 9.30. The van der Waals surface area contributed by atoms with E-state index in [1.807, 2.05) is 0 Å². The average molecular weight is 490 g/mol. The monoisotopic (exact) mass is 489 g/mol.